The molecule has 1 N–H and O–H groups in total. The molecule has 0 saturated carbocycles. The fourth-order valence-electron chi connectivity index (χ4n) is 2.10. The first-order valence-corrected chi connectivity index (χ1v) is 5.82. The zero-order valence-electron chi connectivity index (χ0n) is 9.18. The Bertz CT molecular complexity index is 113. The molecular weight excluding hydrogens is 160 g/mol. The Balaban J connectivity index is 1.98. The van der Waals surface area contributed by atoms with Gasteiger partial charge in [0.25, 0.3) is 0 Å². The van der Waals surface area contributed by atoms with Crippen LogP contribution in [-0.4, -0.2) is 37.1 Å². The molecule has 13 heavy (non-hydrogen) atoms. The van der Waals surface area contributed by atoms with Crippen LogP contribution in [0.15, 0.2) is 0 Å². The van der Waals surface area contributed by atoms with Crippen LogP contribution in [0.4, 0.5) is 0 Å². The quantitative estimate of drug-likeness (QED) is 0.678. The number of hydrogen-bond acceptors (Lipinski definition) is 2. The van der Waals surface area contributed by atoms with E-state index in [4.69, 9.17) is 0 Å². The van der Waals surface area contributed by atoms with Crippen molar-refractivity contribution in [2.24, 2.45) is 0 Å². The third kappa shape index (κ3) is 4.10. The van der Waals surface area contributed by atoms with Crippen LogP contribution < -0.4 is 5.32 Å². The molecule has 1 rings (SSSR count). The molecule has 1 atom stereocenters. The zero-order chi connectivity index (χ0) is 9.52. The highest BCUT2D eigenvalue weighted by atomic mass is 15.1. The molecule has 1 fully saturated rings. The molecule has 2 nitrogen and oxygen atoms in total. The second kappa shape index (κ2) is 6.39. The van der Waals surface area contributed by atoms with Gasteiger partial charge in [0.05, 0.1) is 0 Å². The number of rotatable bonds is 6. The van der Waals surface area contributed by atoms with Crippen LogP contribution in [0.5, 0.6) is 0 Å². The fourth-order valence-corrected chi connectivity index (χ4v) is 2.10. The summed E-state index contributed by atoms with van der Waals surface area (Å²) in [7, 11) is 0. The first kappa shape index (κ1) is 11.0. The van der Waals surface area contributed by atoms with Crippen molar-refractivity contribution in [1.29, 1.82) is 0 Å². The van der Waals surface area contributed by atoms with Gasteiger partial charge in [0.2, 0.25) is 0 Å². The van der Waals surface area contributed by atoms with Crippen LogP contribution in [0.2, 0.25) is 0 Å². The van der Waals surface area contributed by atoms with E-state index in [0.29, 0.717) is 0 Å². The van der Waals surface area contributed by atoms with Gasteiger partial charge in [-0.05, 0) is 51.9 Å². The van der Waals surface area contributed by atoms with Gasteiger partial charge in [0.15, 0.2) is 0 Å². The van der Waals surface area contributed by atoms with Crippen molar-refractivity contribution in [2.45, 2.75) is 45.6 Å². The van der Waals surface area contributed by atoms with E-state index >= 15 is 0 Å². The summed E-state index contributed by atoms with van der Waals surface area (Å²) < 4.78 is 0. The number of hydrogen-bond donors (Lipinski definition) is 1. The standard InChI is InChI=1S/C11H24N2/c1-3-13(4-2)10-6-8-11-7-5-9-12-11/h11-12H,3-10H2,1-2H3. The lowest BCUT2D eigenvalue weighted by Crippen LogP contribution is -2.27. The van der Waals surface area contributed by atoms with E-state index in [-0.39, 0.29) is 0 Å². The van der Waals surface area contributed by atoms with Gasteiger partial charge in [0.1, 0.15) is 0 Å². The van der Waals surface area contributed by atoms with E-state index in [1.54, 1.807) is 0 Å². The van der Waals surface area contributed by atoms with Crippen molar-refractivity contribution in [1.82, 2.24) is 10.2 Å². The minimum absolute atomic E-state index is 0.829. The van der Waals surface area contributed by atoms with Crippen LogP contribution in [-0.2, 0) is 0 Å². The average Bonchev–Trinajstić information content (AvgIpc) is 2.65. The second-order valence-corrected chi connectivity index (χ2v) is 3.96. The van der Waals surface area contributed by atoms with Crippen molar-refractivity contribution >= 4 is 0 Å². The summed E-state index contributed by atoms with van der Waals surface area (Å²) in [6, 6.07) is 0.829. The molecule has 0 aromatic carbocycles. The van der Waals surface area contributed by atoms with E-state index in [2.05, 4.69) is 24.1 Å². The SMILES string of the molecule is CCN(CC)CCCC1CCCN1. The minimum atomic E-state index is 0.829. The molecule has 0 aromatic rings. The summed E-state index contributed by atoms with van der Waals surface area (Å²) in [5, 5.41) is 3.55. The summed E-state index contributed by atoms with van der Waals surface area (Å²) in [6.07, 6.45) is 5.52. The predicted octanol–water partition coefficient (Wildman–Crippen LogP) is 1.86. The van der Waals surface area contributed by atoms with E-state index in [1.165, 1.54) is 51.9 Å². The molecule has 0 bridgehead atoms. The maximum atomic E-state index is 3.55. The summed E-state index contributed by atoms with van der Waals surface area (Å²) in [5.41, 5.74) is 0. The zero-order valence-corrected chi connectivity index (χ0v) is 9.18. The molecule has 0 amide bonds. The third-order valence-electron chi connectivity index (χ3n) is 3.08. The van der Waals surface area contributed by atoms with Crippen molar-refractivity contribution in [3.05, 3.63) is 0 Å². The first-order valence-electron chi connectivity index (χ1n) is 5.82. The van der Waals surface area contributed by atoms with Gasteiger partial charge in [0, 0.05) is 6.04 Å². The monoisotopic (exact) mass is 184 g/mol. The fraction of sp³-hybridized carbons (Fsp3) is 1.00. The van der Waals surface area contributed by atoms with Crippen molar-refractivity contribution in [3.8, 4) is 0 Å². The Morgan fingerprint density at radius 1 is 1.31 bits per heavy atom. The molecule has 2 heteroatoms. The molecule has 1 aliphatic heterocycles. The Labute approximate surface area is 82.7 Å². The van der Waals surface area contributed by atoms with Gasteiger partial charge in [-0.15, -0.1) is 0 Å². The van der Waals surface area contributed by atoms with E-state index in [1.807, 2.05) is 0 Å². The summed E-state index contributed by atoms with van der Waals surface area (Å²) in [4.78, 5) is 2.51. The molecule has 1 aliphatic rings. The van der Waals surface area contributed by atoms with E-state index in [0.717, 1.165) is 6.04 Å². The lowest BCUT2D eigenvalue weighted by atomic mass is 10.1. The molecule has 78 valence electrons. The van der Waals surface area contributed by atoms with Gasteiger partial charge >= 0.3 is 0 Å². The van der Waals surface area contributed by atoms with Gasteiger partial charge in [-0.2, -0.15) is 0 Å². The molecular formula is C11H24N2. The van der Waals surface area contributed by atoms with Gasteiger partial charge in [-0.3, -0.25) is 0 Å². The summed E-state index contributed by atoms with van der Waals surface area (Å²) >= 11 is 0. The highest BCUT2D eigenvalue weighted by molar-refractivity contribution is 4.74. The maximum absolute atomic E-state index is 3.55. The molecule has 0 spiro atoms. The van der Waals surface area contributed by atoms with Crippen molar-refractivity contribution in [2.75, 3.05) is 26.2 Å². The number of nitrogens with one attached hydrogen (secondary N) is 1. The molecule has 1 heterocycles. The predicted molar refractivity (Wildman–Crippen MR) is 58.0 cm³/mol. The highest BCUT2D eigenvalue weighted by Crippen LogP contribution is 2.10. The Morgan fingerprint density at radius 2 is 2.08 bits per heavy atom. The van der Waals surface area contributed by atoms with Crippen molar-refractivity contribution in [3.63, 3.8) is 0 Å². The van der Waals surface area contributed by atoms with Crippen LogP contribution >= 0.6 is 0 Å². The summed E-state index contributed by atoms with van der Waals surface area (Å²) in [6.45, 7) is 9.43. The van der Waals surface area contributed by atoms with Crippen LogP contribution in [0, 0.1) is 0 Å². The maximum Gasteiger partial charge on any atom is 0.00680 e. The molecule has 1 unspecified atom stereocenters. The first-order chi connectivity index (χ1) is 6.36. The Hall–Kier alpha value is -0.0800. The van der Waals surface area contributed by atoms with Gasteiger partial charge < -0.3 is 10.2 Å². The van der Waals surface area contributed by atoms with Crippen LogP contribution in [0.1, 0.15) is 39.5 Å². The Morgan fingerprint density at radius 3 is 2.62 bits per heavy atom. The van der Waals surface area contributed by atoms with Crippen molar-refractivity contribution < 1.29 is 0 Å². The second-order valence-electron chi connectivity index (χ2n) is 3.96. The lowest BCUT2D eigenvalue weighted by molar-refractivity contribution is 0.291. The van der Waals surface area contributed by atoms with E-state index < -0.39 is 0 Å². The van der Waals surface area contributed by atoms with Gasteiger partial charge in [-0.1, -0.05) is 13.8 Å². The largest absolute Gasteiger partial charge is 0.314 e. The topological polar surface area (TPSA) is 15.3 Å². The molecule has 0 radical (unpaired) electrons. The summed E-state index contributed by atoms with van der Waals surface area (Å²) in [5.74, 6) is 0. The minimum Gasteiger partial charge on any atom is -0.314 e. The highest BCUT2D eigenvalue weighted by Gasteiger charge is 2.13. The lowest BCUT2D eigenvalue weighted by Gasteiger charge is -2.18. The molecule has 0 aliphatic carbocycles. The van der Waals surface area contributed by atoms with Gasteiger partial charge in [-0.25, -0.2) is 0 Å². The van der Waals surface area contributed by atoms with Crippen LogP contribution in [0.3, 0.4) is 0 Å². The third-order valence-corrected chi connectivity index (χ3v) is 3.08. The smallest absolute Gasteiger partial charge is 0.00680 e. The Kier molecular flexibility index (Phi) is 5.40. The molecule has 0 aromatic heterocycles. The normalized spacial score (nSPS) is 22.8. The number of nitrogens with zero attached hydrogens (tertiary/aromatic N) is 1. The molecule has 1 saturated heterocycles. The average molecular weight is 184 g/mol. The van der Waals surface area contributed by atoms with Crippen LogP contribution in [0.25, 0.3) is 0 Å². The van der Waals surface area contributed by atoms with E-state index in [9.17, 15) is 0 Å².